The van der Waals surface area contributed by atoms with Gasteiger partial charge in [0.25, 0.3) is 0 Å². The van der Waals surface area contributed by atoms with E-state index in [4.69, 9.17) is 9.73 Å². The lowest BCUT2D eigenvalue weighted by Gasteiger charge is -2.41. The molecule has 3 aromatic rings. The number of benzene rings is 1. The van der Waals surface area contributed by atoms with Crippen LogP contribution in [0.2, 0.25) is 0 Å². The van der Waals surface area contributed by atoms with Crippen molar-refractivity contribution in [1.29, 1.82) is 0 Å². The Morgan fingerprint density at radius 3 is 2.84 bits per heavy atom. The van der Waals surface area contributed by atoms with E-state index in [0.29, 0.717) is 17.8 Å². The molecule has 0 bridgehead atoms. The first-order valence-corrected chi connectivity index (χ1v) is 11.2. The van der Waals surface area contributed by atoms with Gasteiger partial charge in [-0.1, -0.05) is 6.07 Å². The van der Waals surface area contributed by atoms with E-state index in [1.807, 2.05) is 12.3 Å². The lowest BCUT2D eigenvalue weighted by molar-refractivity contribution is 0.0119. The fraction of sp³-hybridized carbons (Fsp3) is 0.458. The molecule has 1 aromatic carbocycles. The summed E-state index contributed by atoms with van der Waals surface area (Å²) < 4.78 is 19.5. The molecule has 0 radical (unpaired) electrons. The number of fused-ring (bicyclic) bond motifs is 2. The second-order valence-electron chi connectivity index (χ2n) is 8.86. The van der Waals surface area contributed by atoms with Gasteiger partial charge in [0.1, 0.15) is 17.8 Å². The van der Waals surface area contributed by atoms with Gasteiger partial charge in [-0.2, -0.15) is 0 Å². The molecular weight excluding hydrogens is 393 g/mol. The number of aryl methyl sites for hydroxylation is 1. The number of hydrogen-bond donors (Lipinski definition) is 1. The van der Waals surface area contributed by atoms with Gasteiger partial charge in [0.05, 0.1) is 18.6 Å². The highest BCUT2D eigenvalue weighted by Gasteiger charge is 2.34. The minimum absolute atomic E-state index is 0.0920. The molecule has 1 saturated heterocycles. The number of aliphatic imine (C=N–C) groups is 1. The molecule has 2 aliphatic carbocycles. The van der Waals surface area contributed by atoms with Gasteiger partial charge in [0, 0.05) is 37.0 Å². The normalized spacial score (nSPS) is 24.7. The molecule has 0 spiro atoms. The molecule has 6 rings (SSSR count). The number of aromatic nitrogens is 3. The molecule has 160 valence electrons. The molecule has 2 atom stereocenters. The van der Waals surface area contributed by atoms with Crippen LogP contribution in [0.15, 0.2) is 35.6 Å². The summed E-state index contributed by atoms with van der Waals surface area (Å²) in [5, 5.41) is 0.971. The molecule has 7 heteroatoms. The van der Waals surface area contributed by atoms with Crippen molar-refractivity contribution < 1.29 is 9.13 Å². The summed E-state index contributed by atoms with van der Waals surface area (Å²) in [5.41, 5.74) is 4.34. The highest BCUT2D eigenvalue weighted by atomic mass is 19.1. The predicted molar refractivity (Wildman–Crippen MR) is 118 cm³/mol. The van der Waals surface area contributed by atoms with Crippen LogP contribution in [0.4, 0.5) is 10.2 Å². The third kappa shape index (κ3) is 3.66. The SMILES string of the molecule is Fc1ccc2c(c1)CC[C@H](N1CCOCC1)C2/C=N\c1ncnc2[nH]c(C3CC3)cc12. The molecule has 1 unspecified atom stereocenters. The smallest absolute Gasteiger partial charge is 0.164 e. The number of hydrogen-bond acceptors (Lipinski definition) is 5. The molecule has 31 heavy (non-hydrogen) atoms. The first-order chi connectivity index (χ1) is 15.3. The predicted octanol–water partition coefficient (Wildman–Crippen LogP) is 4.11. The molecule has 2 aromatic heterocycles. The number of rotatable bonds is 4. The highest BCUT2D eigenvalue weighted by Crippen LogP contribution is 2.41. The van der Waals surface area contributed by atoms with E-state index in [-0.39, 0.29) is 11.7 Å². The van der Waals surface area contributed by atoms with E-state index < -0.39 is 0 Å². The van der Waals surface area contributed by atoms with E-state index in [2.05, 4.69) is 25.9 Å². The van der Waals surface area contributed by atoms with Crippen LogP contribution in [0.5, 0.6) is 0 Å². The number of aromatic amines is 1. The average Bonchev–Trinajstić information content (AvgIpc) is 3.56. The molecule has 0 amide bonds. The maximum atomic E-state index is 13.9. The Morgan fingerprint density at radius 2 is 2.00 bits per heavy atom. The number of halogens is 1. The summed E-state index contributed by atoms with van der Waals surface area (Å²) >= 11 is 0. The Hall–Kier alpha value is -2.64. The van der Waals surface area contributed by atoms with Crippen molar-refractivity contribution in [2.45, 2.75) is 43.6 Å². The van der Waals surface area contributed by atoms with Crippen LogP contribution in [0.3, 0.4) is 0 Å². The van der Waals surface area contributed by atoms with Crippen molar-refractivity contribution in [2.75, 3.05) is 26.3 Å². The Bertz CT molecular complexity index is 1130. The maximum Gasteiger partial charge on any atom is 0.164 e. The van der Waals surface area contributed by atoms with Crippen LogP contribution < -0.4 is 0 Å². The van der Waals surface area contributed by atoms with Crippen LogP contribution in [0.1, 0.15) is 47.9 Å². The number of ether oxygens (including phenoxy) is 1. The van der Waals surface area contributed by atoms with Crippen LogP contribution in [0, 0.1) is 5.82 Å². The summed E-state index contributed by atoms with van der Waals surface area (Å²) in [6.07, 6.45) is 7.94. The first-order valence-electron chi connectivity index (χ1n) is 11.2. The van der Waals surface area contributed by atoms with Crippen LogP contribution >= 0.6 is 0 Å². The Morgan fingerprint density at radius 1 is 1.13 bits per heavy atom. The number of morpholine rings is 1. The number of nitrogens with one attached hydrogen (secondary N) is 1. The summed E-state index contributed by atoms with van der Waals surface area (Å²) in [5.74, 6) is 1.24. The van der Waals surface area contributed by atoms with E-state index in [9.17, 15) is 4.39 Å². The van der Waals surface area contributed by atoms with E-state index in [1.54, 1.807) is 18.5 Å². The third-order valence-electron chi connectivity index (χ3n) is 6.90. The number of nitrogens with zero attached hydrogens (tertiary/aromatic N) is 4. The van der Waals surface area contributed by atoms with Crippen molar-refractivity contribution in [3.05, 3.63) is 53.2 Å². The van der Waals surface area contributed by atoms with Gasteiger partial charge in [-0.3, -0.25) is 4.90 Å². The summed E-state index contributed by atoms with van der Waals surface area (Å²) in [6, 6.07) is 7.67. The maximum absolute atomic E-state index is 13.9. The molecule has 6 nitrogen and oxygen atoms in total. The molecule has 3 aliphatic rings. The molecule has 2 fully saturated rings. The fourth-order valence-electron chi connectivity index (χ4n) is 5.12. The fourth-order valence-corrected chi connectivity index (χ4v) is 5.12. The second kappa shape index (κ2) is 7.80. The largest absolute Gasteiger partial charge is 0.379 e. The van der Waals surface area contributed by atoms with Gasteiger partial charge in [0.2, 0.25) is 0 Å². The first kappa shape index (κ1) is 19.1. The van der Waals surface area contributed by atoms with Crippen LogP contribution in [-0.2, 0) is 11.2 Å². The quantitative estimate of drug-likeness (QED) is 0.647. The van der Waals surface area contributed by atoms with Gasteiger partial charge < -0.3 is 9.72 Å². The average molecular weight is 420 g/mol. The minimum Gasteiger partial charge on any atom is -0.379 e. The summed E-state index contributed by atoms with van der Waals surface area (Å²) in [6.45, 7) is 3.37. The molecule has 1 N–H and O–H groups in total. The molecule has 1 aliphatic heterocycles. The highest BCUT2D eigenvalue weighted by molar-refractivity contribution is 5.88. The molecule has 1 saturated carbocycles. The van der Waals surface area contributed by atoms with Crippen molar-refractivity contribution >= 4 is 23.1 Å². The van der Waals surface area contributed by atoms with Crippen molar-refractivity contribution in [3.63, 3.8) is 0 Å². The Kier molecular flexibility index (Phi) is 4.80. The number of H-pyrrole nitrogens is 1. The molecule has 3 heterocycles. The van der Waals surface area contributed by atoms with Gasteiger partial charge in [-0.05, 0) is 60.9 Å². The van der Waals surface area contributed by atoms with Gasteiger partial charge >= 0.3 is 0 Å². The third-order valence-corrected chi connectivity index (χ3v) is 6.90. The Labute approximate surface area is 180 Å². The topological polar surface area (TPSA) is 66.4 Å². The van der Waals surface area contributed by atoms with Gasteiger partial charge in [-0.15, -0.1) is 0 Å². The Balaban J connectivity index is 1.37. The zero-order valence-electron chi connectivity index (χ0n) is 17.4. The summed E-state index contributed by atoms with van der Waals surface area (Å²) in [4.78, 5) is 19.7. The van der Waals surface area contributed by atoms with Crippen LogP contribution in [0.25, 0.3) is 11.0 Å². The zero-order chi connectivity index (χ0) is 20.8. The van der Waals surface area contributed by atoms with E-state index in [0.717, 1.165) is 55.7 Å². The molecular formula is C24H26FN5O. The van der Waals surface area contributed by atoms with Crippen molar-refractivity contribution in [3.8, 4) is 0 Å². The van der Waals surface area contributed by atoms with Crippen molar-refractivity contribution in [2.24, 2.45) is 4.99 Å². The van der Waals surface area contributed by atoms with E-state index in [1.165, 1.54) is 24.1 Å². The zero-order valence-corrected chi connectivity index (χ0v) is 17.4. The second-order valence-corrected chi connectivity index (χ2v) is 8.86. The van der Waals surface area contributed by atoms with Crippen LogP contribution in [-0.4, -0.2) is 58.4 Å². The lowest BCUT2D eigenvalue weighted by Crippen LogP contribution is -2.48. The van der Waals surface area contributed by atoms with Crippen molar-refractivity contribution in [1.82, 2.24) is 19.9 Å². The van der Waals surface area contributed by atoms with Gasteiger partial charge in [-0.25, -0.2) is 19.4 Å². The lowest BCUT2D eigenvalue weighted by atomic mass is 9.79. The summed E-state index contributed by atoms with van der Waals surface area (Å²) in [7, 11) is 0. The minimum atomic E-state index is -0.170. The van der Waals surface area contributed by atoms with E-state index >= 15 is 0 Å². The standard InChI is InChI=1S/C24H26FN5O/c25-17-4-5-18-16(11-17)3-6-22(30-7-9-31-10-8-30)20(18)13-26-23-19-12-21(15-1-2-15)29-24(19)28-14-27-23/h4-5,11-15,20,22H,1-3,6-10H2,(H,27,28,29)/b26-13-/t20?,22-/m0/s1. The monoisotopic (exact) mass is 419 g/mol. The van der Waals surface area contributed by atoms with Gasteiger partial charge in [0.15, 0.2) is 5.82 Å².